The van der Waals surface area contributed by atoms with E-state index in [0.29, 0.717) is 18.4 Å². The van der Waals surface area contributed by atoms with Crippen LogP contribution in [0.2, 0.25) is 0 Å². The number of amides is 4. The lowest BCUT2D eigenvalue weighted by Crippen LogP contribution is -2.44. The number of carbonyl (C=O) groups excluding carboxylic acids is 3. The van der Waals surface area contributed by atoms with Crippen molar-refractivity contribution in [3.63, 3.8) is 0 Å². The second-order valence-corrected chi connectivity index (χ2v) is 7.32. The lowest BCUT2D eigenvalue weighted by atomic mass is 9.85. The third kappa shape index (κ3) is 5.19. The number of imide groups is 1. The lowest BCUT2D eigenvalue weighted by Gasteiger charge is -2.27. The second-order valence-electron chi connectivity index (χ2n) is 7.32. The first kappa shape index (κ1) is 23.1. The van der Waals surface area contributed by atoms with Crippen LogP contribution in [0.4, 0.5) is 23.7 Å². The summed E-state index contributed by atoms with van der Waals surface area (Å²) in [5, 5.41) is 5.21. The Morgan fingerprint density at radius 1 is 1.09 bits per heavy atom. The summed E-state index contributed by atoms with van der Waals surface area (Å²) < 4.78 is 40.5. The number of unbranched alkanes of at least 4 members (excludes halogenated alkanes) is 1. The first-order valence-electron chi connectivity index (χ1n) is 10.00. The number of urea groups is 1. The number of benzene rings is 2. The molecule has 0 radical (unpaired) electrons. The summed E-state index contributed by atoms with van der Waals surface area (Å²) in [6.45, 7) is 1.43. The largest absolute Gasteiger partial charge is 0.573 e. The minimum atomic E-state index is -4.82. The summed E-state index contributed by atoms with van der Waals surface area (Å²) in [5.74, 6) is -1.63. The van der Waals surface area contributed by atoms with Crippen LogP contribution in [0.25, 0.3) is 0 Å². The Labute approximate surface area is 182 Å². The molecule has 1 unspecified atom stereocenters. The highest BCUT2D eigenvalue weighted by molar-refractivity contribution is 6.10. The number of hydrogen-bond acceptors (Lipinski definition) is 4. The molecule has 1 fully saturated rings. The standard InChI is InChI=1S/C22H22F3N3O4/c1-2-3-13-21(15-7-5-4-6-8-15)19(30)28(20(31)27-21)14-18(29)26-16-9-11-17(12-10-16)32-22(23,24)25/h4-12H,2-3,13-14H2,1H3,(H,26,29)(H,27,31). The van der Waals surface area contributed by atoms with E-state index in [2.05, 4.69) is 15.4 Å². The first-order chi connectivity index (χ1) is 15.1. The van der Waals surface area contributed by atoms with E-state index in [0.717, 1.165) is 23.5 Å². The van der Waals surface area contributed by atoms with E-state index in [9.17, 15) is 27.6 Å². The summed E-state index contributed by atoms with van der Waals surface area (Å²) in [6, 6.07) is 12.7. The molecule has 1 aliphatic heterocycles. The SMILES string of the molecule is CCCCC1(c2ccccc2)NC(=O)N(CC(=O)Nc2ccc(OC(F)(F)F)cc2)C1=O. The van der Waals surface area contributed by atoms with E-state index in [-0.39, 0.29) is 5.69 Å². The van der Waals surface area contributed by atoms with Gasteiger partial charge in [-0.05, 0) is 36.2 Å². The fraction of sp³-hybridized carbons (Fsp3) is 0.318. The van der Waals surface area contributed by atoms with Crippen molar-refractivity contribution in [1.82, 2.24) is 10.2 Å². The van der Waals surface area contributed by atoms with Crippen LogP contribution in [0.1, 0.15) is 31.7 Å². The van der Waals surface area contributed by atoms with Gasteiger partial charge in [0.1, 0.15) is 17.8 Å². The predicted octanol–water partition coefficient (Wildman–Crippen LogP) is 4.16. The van der Waals surface area contributed by atoms with Gasteiger partial charge in [-0.15, -0.1) is 13.2 Å². The molecule has 0 aromatic heterocycles. The van der Waals surface area contributed by atoms with Crippen LogP contribution >= 0.6 is 0 Å². The zero-order valence-corrected chi connectivity index (χ0v) is 17.2. The third-order valence-electron chi connectivity index (χ3n) is 5.02. The van der Waals surface area contributed by atoms with Crippen LogP contribution in [0.15, 0.2) is 54.6 Å². The second kappa shape index (κ2) is 9.29. The van der Waals surface area contributed by atoms with Gasteiger partial charge in [-0.1, -0.05) is 50.1 Å². The minimum Gasteiger partial charge on any atom is -0.406 e. The van der Waals surface area contributed by atoms with Gasteiger partial charge in [0.15, 0.2) is 0 Å². The van der Waals surface area contributed by atoms with Gasteiger partial charge in [0, 0.05) is 5.69 Å². The molecule has 32 heavy (non-hydrogen) atoms. The highest BCUT2D eigenvalue weighted by atomic mass is 19.4. The maximum absolute atomic E-state index is 13.2. The molecule has 10 heteroatoms. The van der Waals surface area contributed by atoms with E-state index < -0.39 is 42.0 Å². The Kier molecular flexibility index (Phi) is 6.71. The Hall–Kier alpha value is -3.56. The van der Waals surface area contributed by atoms with Crippen molar-refractivity contribution in [3.05, 3.63) is 60.2 Å². The number of alkyl halides is 3. The molecule has 0 spiro atoms. The van der Waals surface area contributed by atoms with Gasteiger partial charge in [-0.25, -0.2) is 4.79 Å². The van der Waals surface area contributed by atoms with Gasteiger partial charge >= 0.3 is 12.4 Å². The summed E-state index contributed by atoms with van der Waals surface area (Å²) >= 11 is 0. The van der Waals surface area contributed by atoms with E-state index in [1.165, 1.54) is 12.1 Å². The Morgan fingerprint density at radius 2 is 1.75 bits per heavy atom. The third-order valence-corrected chi connectivity index (χ3v) is 5.02. The predicted molar refractivity (Wildman–Crippen MR) is 110 cm³/mol. The molecule has 4 amide bonds. The molecule has 2 aromatic carbocycles. The van der Waals surface area contributed by atoms with Crippen molar-refractivity contribution in [2.24, 2.45) is 0 Å². The summed E-state index contributed by atoms with van der Waals surface area (Å²) in [4.78, 5) is 39.1. The average Bonchev–Trinajstić information content (AvgIpc) is 2.98. The molecule has 2 aromatic rings. The van der Waals surface area contributed by atoms with Crippen molar-refractivity contribution >= 4 is 23.5 Å². The summed E-state index contributed by atoms with van der Waals surface area (Å²) in [5.41, 5.74) is -0.419. The average molecular weight is 449 g/mol. The van der Waals surface area contributed by atoms with Crippen molar-refractivity contribution in [2.75, 3.05) is 11.9 Å². The maximum atomic E-state index is 13.2. The molecule has 170 valence electrons. The number of ether oxygens (including phenoxy) is 1. The van der Waals surface area contributed by atoms with Crippen molar-refractivity contribution in [2.45, 2.75) is 38.1 Å². The monoisotopic (exact) mass is 449 g/mol. The Bertz CT molecular complexity index is 980. The van der Waals surface area contributed by atoms with Crippen molar-refractivity contribution in [1.29, 1.82) is 0 Å². The molecular weight excluding hydrogens is 427 g/mol. The number of rotatable bonds is 8. The normalized spacial score (nSPS) is 18.4. The zero-order valence-electron chi connectivity index (χ0n) is 17.2. The van der Waals surface area contributed by atoms with Gasteiger partial charge in [0.2, 0.25) is 5.91 Å². The zero-order chi connectivity index (χ0) is 23.4. The van der Waals surface area contributed by atoms with Crippen LogP contribution in [0.3, 0.4) is 0 Å². The molecule has 1 heterocycles. The smallest absolute Gasteiger partial charge is 0.406 e. The summed E-state index contributed by atoms with van der Waals surface area (Å²) in [7, 11) is 0. The number of carbonyl (C=O) groups is 3. The lowest BCUT2D eigenvalue weighted by molar-refractivity contribution is -0.274. The Balaban J connectivity index is 1.71. The molecule has 3 rings (SSSR count). The fourth-order valence-corrected chi connectivity index (χ4v) is 3.53. The van der Waals surface area contributed by atoms with Crippen LogP contribution < -0.4 is 15.4 Å². The van der Waals surface area contributed by atoms with Crippen LogP contribution in [0.5, 0.6) is 5.75 Å². The fourth-order valence-electron chi connectivity index (χ4n) is 3.53. The molecule has 0 bridgehead atoms. The molecule has 1 saturated heterocycles. The van der Waals surface area contributed by atoms with Crippen LogP contribution in [0, 0.1) is 0 Å². The van der Waals surface area contributed by atoms with Crippen molar-refractivity contribution < 1.29 is 32.3 Å². The number of nitrogens with zero attached hydrogens (tertiary/aromatic N) is 1. The van der Waals surface area contributed by atoms with Crippen LogP contribution in [-0.4, -0.2) is 35.7 Å². The number of anilines is 1. The molecule has 7 nitrogen and oxygen atoms in total. The van der Waals surface area contributed by atoms with Gasteiger partial charge in [0.25, 0.3) is 5.91 Å². The van der Waals surface area contributed by atoms with E-state index in [1.807, 2.05) is 6.92 Å². The molecule has 1 aliphatic rings. The van der Waals surface area contributed by atoms with E-state index >= 15 is 0 Å². The minimum absolute atomic E-state index is 0.192. The van der Waals surface area contributed by atoms with Gasteiger partial charge < -0.3 is 15.4 Å². The van der Waals surface area contributed by atoms with Gasteiger partial charge in [-0.2, -0.15) is 0 Å². The number of hydrogen-bond donors (Lipinski definition) is 2. The first-order valence-corrected chi connectivity index (χ1v) is 10.00. The highest BCUT2D eigenvalue weighted by Crippen LogP contribution is 2.34. The van der Waals surface area contributed by atoms with Crippen LogP contribution in [-0.2, 0) is 15.1 Å². The van der Waals surface area contributed by atoms with Gasteiger partial charge in [-0.3, -0.25) is 14.5 Å². The molecule has 1 atom stereocenters. The molecular formula is C22H22F3N3O4. The maximum Gasteiger partial charge on any atom is 0.573 e. The highest BCUT2D eigenvalue weighted by Gasteiger charge is 2.52. The number of nitrogens with one attached hydrogen (secondary N) is 2. The van der Waals surface area contributed by atoms with Crippen molar-refractivity contribution in [3.8, 4) is 5.75 Å². The molecule has 0 saturated carbocycles. The number of halogens is 3. The molecule has 2 N–H and O–H groups in total. The Morgan fingerprint density at radius 3 is 2.34 bits per heavy atom. The topological polar surface area (TPSA) is 87.7 Å². The summed E-state index contributed by atoms with van der Waals surface area (Å²) in [6.07, 6.45) is -2.94. The van der Waals surface area contributed by atoms with Gasteiger partial charge in [0.05, 0.1) is 0 Å². The quantitative estimate of drug-likeness (QED) is 0.593. The molecule has 0 aliphatic carbocycles. The van der Waals surface area contributed by atoms with E-state index in [1.54, 1.807) is 30.3 Å². The van der Waals surface area contributed by atoms with E-state index in [4.69, 9.17) is 0 Å².